The monoisotopic (exact) mass is 231 g/mol. The molecular weight excluding hydrogens is 206 g/mol. The Kier molecular flexibility index (Phi) is 2.40. The fourth-order valence-electron chi connectivity index (χ4n) is 5.61. The molecule has 0 spiro atoms. The van der Waals surface area contributed by atoms with Gasteiger partial charge in [-0.2, -0.15) is 0 Å². The SMILES string of the molecule is C1=CC(NC23CC4C[C@H](C2)C[C@H](C4)C3)CCC1. The van der Waals surface area contributed by atoms with E-state index in [0.717, 1.165) is 17.8 Å². The van der Waals surface area contributed by atoms with Crippen LogP contribution in [-0.2, 0) is 0 Å². The molecule has 4 fully saturated rings. The molecule has 94 valence electrons. The topological polar surface area (TPSA) is 12.0 Å². The average molecular weight is 231 g/mol. The van der Waals surface area contributed by atoms with Gasteiger partial charge in [0.1, 0.15) is 0 Å². The summed E-state index contributed by atoms with van der Waals surface area (Å²) in [6, 6.07) is 0.694. The molecule has 17 heavy (non-hydrogen) atoms. The lowest BCUT2D eigenvalue weighted by molar-refractivity contribution is -0.0234. The first kappa shape index (κ1) is 10.6. The summed E-state index contributed by atoms with van der Waals surface area (Å²) in [6.45, 7) is 0. The maximum Gasteiger partial charge on any atom is 0.0255 e. The minimum absolute atomic E-state index is 0.557. The van der Waals surface area contributed by atoms with Gasteiger partial charge in [-0.25, -0.2) is 0 Å². The Morgan fingerprint density at radius 2 is 1.59 bits per heavy atom. The fourth-order valence-corrected chi connectivity index (χ4v) is 5.61. The number of hydrogen-bond donors (Lipinski definition) is 1. The molecule has 1 atom stereocenters. The van der Waals surface area contributed by atoms with Crippen molar-refractivity contribution in [2.24, 2.45) is 17.8 Å². The molecule has 0 saturated heterocycles. The van der Waals surface area contributed by atoms with Gasteiger partial charge in [0.05, 0.1) is 0 Å². The van der Waals surface area contributed by atoms with Crippen molar-refractivity contribution < 1.29 is 0 Å². The van der Waals surface area contributed by atoms with Crippen molar-refractivity contribution in [2.45, 2.75) is 69.4 Å². The van der Waals surface area contributed by atoms with Crippen LogP contribution in [0.2, 0.25) is 0 Å². The highest BCUT2D eigenvalue weighted by Crippen LogP contribution is 2.55. The number of hydrogen-bond acceptors (Lipinski definition) is 1. The van der Waals surface area contributed by atoms with Gasteiger partial charge in [0.2, 0.25) is 0 Å². The Morgan fingerprint density at radius 1 is 0.941 bits per heavy atom. The van der Waals surface area contributed by atoms with Crippen LogP contribution < -0.4 is 5.32 Å². The molecule has 1 unspecified atom stereocenters. The van der Waals surface area contributed by atoms with E-state index in [9.17, 15) is 0 Å². The summed E-state index contributed by atoms with van der Waals surface area (Å²) < 4.78 is 0. The Balaban J connectivity index is 1.52. The molecule has 0 heterocycles. The lowest BCUT2D eigenvalue weighted by Gasteiger charge is -2.58. The van der Waals surface area contributed by atoms with E-state index < -0.39 is 0 Å². The smallest absolute Gasteiger partial charge is 0.0255 e. The van der Waals surface area contributed by atoms with Crippen LogP contribution in [0.15, 0.2) is 12.2 Å². The van der Waals surface area contributed by atoms with Crippen molar-refractivity contribution >= 4 is 0 Å². The van der Waals surface area contributed by atoms with Crippen LogP contribution in [0.3, 0.4) is 0 Å². The first-order valence-corrected chi connectivity index (χ1v) is 7.76. The van der Waals surface area contributed by atoms with Gasteiger partial charge >= 0.3 is 0 Å². The van der Waals surface area contributed by atoms with Gasteiger partial charge in [-0.05, 0) is 75.5 Å². The molecule has 1 N–H and O–H groups in total. The molecular formula is C16H25N. The molecule has 0 amide bonds. The van der Waals surface area contributed by atoms with E-state index >= 15 is 0 Å². The van der Waals surface area contributed by atoms with Gasteiger partial charge in [0.25, 0.3) is 0 Å². The Morgan fingerprint density at radius 3 is 2.12 bits per heavy atom. The third-order valence-electron chi connectivity index (χ3n) is 5.78. The summed E-state index contributed by atoms with van der Waals surface area (Å²) in [7, 11) is 0. The van der Waals surface area contributed by atoms with E-state index in [-0.39, 0.29) is 0 Å². The number of nitrogens with one attached hydrogen (secondary N) is 1. The maximum absolute atomic E-state index is 4.08. The highest BCUT2D eigenvalue weighted by atomic mass is 15.0. The van der Waals surface area contributed by atoms with Crippen molar-refractivity contribution in [1.82, 2.24) is 5.32 Å². The Labute approximate surface area is 105 Å². The van der Waals surface area contributed by atoms with Crippen LogP contribution in [-0.4, -0.2) is 11.6 Å². The molecule has 0 aromatic heterocycles. The zero-order valence-corrected chi connectivity index (χ0v) is 10.8. The van der Waals surface area contributed by atoms with Crippen LogP contribution in [0.5, 0.6) is 0 Å². The predicted molar refractivity (Wildman–Crippen MR) is 70.8 cm³/mol. The van der Waals surface area contributed by atoms with Crippen molar-refractivity contribution in [2.75, 3.05) is 0 Å². The third-order valence-corrected chi connectivity index (χ3v) is 5.78. The van der Waals surface area contributed by atoms with Crippen LogP contribution in [0, 0.1) is 17.8 Å². The normalized spacial score (nSPS) is 52.0. The quantitative estimate of drug-likeness (QED) is 0.715. The number of rotatable bonds is 2. The van der Waals surface area contributed by atoms with E-state index in [1.54, 1.807) is 19.3 Å². The van der Waals surface area contributed by atoms with E-state index in [0.29, 0.717) is 11.6 Å². The average Bonchev–Trinajstić information content (AvgIpc) is 2.27. The second-order valence-electron chi connectivity index (χ2n) is 7.31. The number of allylic oxidation sites excluding steroid dienone is 1. The predicted octanol–water partition coefficient (Wildman–Crippen LogP) is 3.65. The summed E-state index contributed by atoms with van der Waals surface area (Å²) in [5.41, 5.74) is 0.557. The largest absolute Gasteiger partial charge is 0.305 e. The molecule has 1 heteroatoms. The lowest BCUT2D eigenvalue weighted by atomic mass is 9.53. The summed E-state index contributed by atoms with van der Waals surface area (Å²) in [4.78, 5) is 0. The van der Waals surface area contributed by atoms with E-state index in [4.69, 9.17) is 0 Å². The van der Waals surface area contributed by atoms with E-state index in [1.807, 2.05) is 0 Å². The van der Waals surface area contributed by atoms with E-state index in [2.05, 4.69) is 17.5 Å². The highest BCUT2D eigenvalue weighted by Gasteiger charge is 2.51. The van der Waals surface area contributed by atoms with Crippen LogP contribution in [0.1, 0.15) is 57.8 Å². The van der Waals surface area contributed by atoms with Gasteiger partial charge in [-0.3, -0.25) is 0 Å². The summed E-state index contributed by atoms with van der Waals surface area (Å²) in [5.74, 6) is 3.21. The standard InChI is InChI=1S/C16H25N/c1-2-4-15(5-3-1)17-16-9-12-6-13(10-16)8-14(7-12)11-16/h2,4,12-15,17H,1,3,5-11H2/t12-,13-,14?,15?,16?/m1/s1. The minimum Gasteiger partial charge on any atom is -0.305 e. The lowest BCUT2D eigenvalue weighted by Crippen LogP contribution is -2.60. The zero-order chi connectivity index (χ0) is 11.3. The van der Waals surface area contributed by atoms with Gasteiger partial charge in [-0.1, -0.05) is 12.2 Å². The minimum atomic E-state index is 0.557. The third kappa shape index (κ3) is 1.87. The second kappa shape index (κ2) is 3.85. The van der Waals surface area contributed by atoms with Crippen molar-refractivity contribution in [3.05, 3.63) is 12.2 Å². The molecule has 4 bridgehead atoms. The molecule has 4 saturated carbocycles. The maximum atomic E-state index is 4.08. The van der Waals surface area contributed by atoms with Crippen molar-refractivity contribution in [3.63, 3.8) is 0 Å². The Hall–Kier alpha value is -0.300. The summed E-state index contributed by atoms with van der Waals surface area (Å²) in [6.07, 6.45) is 18.0. The molecule has 0 aromatic carbocycles. The first-order valence-electron chi connectivity index (χ1n) is 7.76. The van der Waals surface area contributed by atoms with Crippen molar-refractivity contribution in [3.8, 4) is 0 Å². The molecule has 5 aliphatic carbocycles. The van der Waals surface area contributed by atoms with Crippen LogP contribution >= 0.6 is 0 Å². The Bertz CT molecular complexity index is 295. The molecule has 0 radical (unpaired) electrons. The zero-order valence-electron chi connectivity index (χ0n) is 10.8. The van der Waals surface area contributed by atoms with Gasteiger partial charge in [0, 0.05) is 11.6 Å². The van der Waals surface area contributed by atoms with Crippen LogP contribution in [0.4, 0.5) is 0 Å². The highest BCUT2D eigenvalue weighted by molar-refractivity contribution is 5.10. The van der Waals surface area contributed by atoms with Gasteiger partial charge in [-0.15, -0.1) is 0 Å². The fraction of sp³-hybridized carbons (Fsp3) is 0.875. The van der Waals surface area contributed by atoms with Crippen molar-refractivity contribution in [1.29, 1.82) is 0 Å². The first-order chi connectivity index (χ1) is 8.31. The molecule has 0 aromatic rings. The molecule has 0 aliphatic heterocycles. The van der Waals surface area contributed by atoms with Gasteiger partial charge in [0.15, 0.2) is 0 Å². The summed E-state index contributed by atoms with van der Waals surface area (Å²) in [5, 5.41) is 4.08. The second-order valence-corrected chi connectivity index (χ2v) is 7.31. The molecule has 1 nitrogen and oxygen atoms in total. The molecule has 5 rings (SSSR count). The van der Waals surface area contributed by atoms with Gasteiger partial charge < -0.3 is 5.32 Å². The summed E-state index contributed by atoms with van der Waals surface area (Å²) >= 11 is 0. The van der Waals surface area contributed by atoms with Crippen LogP contribution in [0.25, 0.3) is 0 Å². The van der Waals surface area contributed by atoms with E-state index in [1.165, 1.54) is 38.5 Å². The molecule has 5 aliphatic rings.